The van der Waals surface area contributed by atoms with Gasteiger partial charge in [-0.25, -0.2) is 0 Å². The minimum atomic E-state index is 0.0773. The SMILES string of the molecule is CC(=O)c1ccc2c(c1)Sc1cc(C)ccc1O2. The highest BCUT2D eigenvalue weighted by Crippen LogP contribution is 2.47. The Morgan fingerprint density at radius 2 is 1.72 bits per heavy atom. The van der Waals surface area contributed by atoms with E-state index in [1.54, 1.807) is 24.8 Å². The maximum absolute atomic E-state index is 11.4. The van der Waals surface area contributed by atoms with Gasteiger partial charge in [0.1, 0.15) is 11.5 Å². The maximum Gasteiger partial charge on any atom is 0.159 e. The Bertz CT molecular complexity index is 647. The van der Waals surface area contributed by atoms with Gasteiger partial charge >= 0.3 is 0 Å². The van der Waals surface area contributed by atoms with E-state index in [0.717, 1.165) is 26.9 Å². The minimum Gasteiger partial charge on any atom is -0.455 e. The summed E-state index contributed by atoms with van der Waals surface area (Å²) in [6, 6.07) is 11.7. The van der Waals surface area contributed by atoms with Crippen LogP contribution in [0.15, 0.2) is 46.2 Å². The first-order chi connectivity index (χ1) is 8.63. The number of ketones is 1. The van der Waals surface area contributed by atoms with Crippen LogP contribution in [-0.2, 0) is 0 Å². The molecule has 1 aliphatic heterocycles. The number of Topliss-reactive ketones (excluding diaryl/α,β-unsaturated/α-hetero) is 1. The van der Waals surface area contributed by atoms with Crippen LogP contribution in [-0.4, -0.2) is 5.78 Å². The van der Waals surface area contributed by atoms with Crippen LogP contribution in [0.1, 0.15) is 22.8 Å². The third-order valence-corrected chi connectivity index (χ3v) is 3.97. The molecular formula is C15H12O2S. The molecule has 90 valence electrons. The molecule has 0 saturated carbocycles. The molecule has 1 heterocycles. The molecule has 0 amide bonds. The summed E-state index contributed by atoms with van der Waals surface area (Å²) in [5, 5.41) is 0. The molecule has 1 aliphatic rings. The van der Waals surface area contributed by atoms with Gasteiger partial charge in [0, 0.05) is 5.56 Å². The molecule has 0 radical (unpaired) electrons. The first-order valence-corrected chi connectivity index (χ1v) is 6.56. The fraction of sp³-hybridized carbons (Fsp3) is 0.133. The number of rotatable bonds is 1. The van der Waals surface area contributed by atoms with Gasteiger partial charge in [-0.3, -0.25) is 4.79 Å². The normalized spacial score (nSPS) is 12.3. The molecule has 0 bridgehead atoms. The van der Waals surface area contributed by atoms with E-state index in [2.05, 4.69) is 13.0 Å². The van der Waals surface area contributed by atoms with Gasteiger partial charge in [-0.1, -0.05) is 17.8 Å². The summed E-state index contributed by atoms with van der Waals surface area (Å²) in [6.07, 6.45) is 0. The molecule has 18 heavy (non-hydrogen) atoms. The molecule has 3 rings (SSSR count). The number of carbonyl (C=O) groups is 1. The van der Waals surface area contributed by atoms with Crippen molar-refractivity contribution in [3.05, 3.63) is 47.5 Å². The summed E-state index contributed by atoms with van der Waals surface area (Å²) in [6.45, 7) is 3.64. The second kappa shape index (κ2) is 4.18. The van der Waals surface area contributed by atoms with E-state index in [9.17, 15) is 4.79 Å². The second-order valence-corrected chi connectivity index (χ2v) is 5.46. The Kier molecular flexibility index (Phi) is 2.63. The zero-order valence-electron chi connectivity index (χ0n) is 10.2. The largest absolute Gasteiger partial charge is 0.455 e. The lowest BCUT2D eigenvalue weighted by Gasteiger charge is -2.20. The molecular weight excluding hydrogens is 244 g/mol. The first kappa shape index (κ1) is 11.4. The molecule has 0 aromatic heterocycles. The molecule has 0 spiro atoms. The maximum atomic E-state index is 11.4. The molecule has 0 saturated heterocycles. The van der Waals surface area contributed by atoms with Crippen LogP contribution in [0, 0.1) is 6.92 Å². The van der Waals surface area contributed by atoms with E-state index >= 15 is 0 Å². The van der Waals surface area contributed by atoms with Crippen molar-refractivity contribution in [3.63, 3.8) is 0 Å². The van der Waals surface area contributed by atoms with E-state index in [1.165, 1.54) is 5.56 Å². The highest BCUT2D eigenvalue weighted by Gasteiger charge is 2.18. The Morgan fingerprint density at radius 3 is 2.44 bits per heavy atom. The Balaban J connectivity index is 2.05. The van der Waals surface area contributed by atoms with Gasteiger partial charge in [0.05, 0.1) is 9.79 Å². The Hall–Kier alpha value is -1.74. The monoisotopic (exact) mass is 256 g/mol. The molecule has 2 aromatic rings. The smallest absolute Gasteiger partial charge is 0.159 e. The van der Waals surface area contributed by atoms with Gasteiger partial charge in [-0.15, -0.1) is 0 Å². The van der Waals surface area contributed by atoms with E-state index in [4.69, 9.17) is 4.74 Å². The van der Waals surface area contributed by atoms with E-state index < -0.39 is 0 Å². The molecule has 0 aliphatic carbocycles. The molecule has 0 atom stereocenters. The number of hydrogen-bond acceptors (Lipinski definition) is 3. The van der Waals surface area contributed by atoms with Gasteiger partial charge in [0.2, 0.25) is 0 Å². The Morgan fingerprint density at radius 1 is 1.06 bits per heavy atom. The quantitative estimate of drug-likeness (QED) is 0.601. The van der Waals surface area contributed by atoms with Crippen molar-refractivity contribution in [2.75, 3.05) is 0 Å². The number of benzene rings is 2. The number of ether oxygens (including phenoxy) is 1. The third-order valence-electron chi connectivity index (χ3n) is 2.89. The highest BCUT2D eigenvalue weighted by molar-refractivity contribution is 7.99. The van der Waals surface area contributed by atoms with Crippen molar-refractivity contribution in [1.29, 1.82) is 0 Å². The van der Waals surface area contributed by atoms with Gasteiger partial charge in [0.25, 0.3) is 0 Å². The lowest BCUT2D eigenvalue weighted by molar-refractivity contribution is 0.101. The van der Waals surface area contributed by atoms with E-state index in [-0.39, 0.29) is 5.78 Å². The van der Waals surface area contributed by atoms with E-state index in [0.29, 0.717) is 0 Å². The number of carbonyl (C=O) groups excluding carboxylic acids is 1. The van der Waals surface area contributed by atoms with Crippen LogP contribution in [0.2, 0.25) is 0 Å². The summed E-state index contributed by atoms with van der Waals surface area (Å²) in [5.41, 5.74) is 1.93. The lowest BCUT2D eigenvalue weighted by Crippen LogP contribution is -1.98. The van der Waals surface area contributed by atoms with Crippen LogP contribution in [0.3, 0.4) is 0 Å². The number of fused-ring (bicyclic) bond motifs is 2. The van der Waals surface area contributed by atoms with Gasteiger partial charge in [-0.2, -0.15) is 0 Å². The standard InChI is InChI=1S/C15H12O2S/c1-9-3-5-12-14(7-9)18-15-8-11(10(2)16)4-6-13(15)17-12/h3-8H,1-2H3. The molecule has 2 aromatic carbocycles. The van der Waals surface area contributed by atoms with Crippen molar-refractivity contribution < 1.29 is 9.53 Å². The van der Waals surface area contributed by atoms with Crippen molar-refractivity contribution >= 4 is 17.5 Å². The summed E-state index contributed by atoms with van der Waals surface area (Å²) in [7, 11) is 0. The topological polar surface area (TPSA) is 26.3 Å². The summed E-state index contributed by atoms with van der Waals surface area (Å²) in [4.78, 5) is 13.5. The minimum absolute atomic E-state index is 0.0773. The van der Waals surface area contributed by atoms with Crippen LogP contribution < -0.4 is 4.74 Å². The summed E-state index contributed by atoms with van der Waals surface area (Å²) < 4.78 is 5.84. The molecule has 0 fully saturated rings. The van der Waals surface area contributed by atoms with Crippen LogP contribution in [0.4, 0.5) is 0 Å². The van der Waals surface area contributed by atoms with Gasteiger partial charge in [-0.05, 0) is 49.7 Å². The molecule has 2 nitrogen and oxygen atoms in total. The Labute approximate surface area is 110 Å². The molecule has 3 heteroatoms. The van der Waals surface area contributed by atoms with Crippen molar-refractivity contribution in [2.24, 2.45) is 0 Å². The lowest BCUT2D eigenvalue weighted by atomic mass is 10.1. The predicted octanol–water partition coefficient (Wildman–Crippen LogP) is 4.45. The number of aryl methyl sites for hydroxylation is 1. The fourth-order valence-electron chi connectivity index (χ4n) is 1.91. The average Bonchev–Trinajstić information content (AvgIpc) is 2.35. The third kappa shape index (κ3) is 1.91. The fourth-order valence-corrected chi connectivity index (χ4v) is 3.00. The predicted molar refractivity (Wildman–Crippen MR) is 71.8 cm³/mol. The van der Waals surface area contributed by atoms with Crippen molar-refractivity contribution in [2.45, 2.75) is 23.6 Å². The summed E-state index contributed by atoms with van der Waals surface area (Å²) in [5.74, 6) is 1.78. The number of hydrogen-bond donors (Lipinski definition) is 0. The van der Waals surface area contributed by atoms with Gasteiger partial charge < -0.3 is 4.74 Å². The highest BCUT2D eigenvalue weighted by atomic mass is 32.2. The van der Waals surface area contributed by atoms with Gasteiger partial charge in [0.15, 0.2) is 5.78 Å². The van der Waals surface area contributed by atoms with Crippen molar-refractivity contribution in [3.8, 4) is 11.5 Å². The zero-order valence-corrected chi connectivity index (χ0v) is 11.0. The van der Waals surface area contributed by atoms with Crippen LogP contribution in [0.25, 0.3) is 0 Å². The second-order valence-electron chi connectivity index (χ2n) is 4.37. The average molecular weight is 256 g/mol. The summed E-state index contributed by atoms with van der Waals surface area (Å²) >= 11 is 1.65. The molecule has 0 N–H and O–H groups in total. The molecule has 0 unspecified atom stereocenters. The zero-order chi connectivity index (χ0) is 12.7. The van der Waals surface area contributed by atoms with Crippen LogP contribution >= 0.6 is 11.8 Å². The first-order valence-electron chi connectivity index (χ1n) is 5.75. The van der Waals surface area contributed by atoms with Crippen LogP contribution in [0.5, 0.6) is 11.5 Å². The van der Waals surface area contributed by atoms with Crippen molar-refractivity contribution in [1.82, 2.24) is 0 Å². The van der Waals surface area contributed by atoms with E-state index in [1.807, 2.05) is 24.3 Å².